The molecule has 0 spiro atoms. The van der Waals surface area contributed by atoms with Crippen LogP contribution in [0.4, 0.5) is 10.1 Å². The Morgan fingerprint density at radius 2 is 1.79 bits per heavy atom. The molecule has 0 aromatic heterocycles. The lowest BCUT2D eigenvalue weighted by atomic mass is 10.1. The first-order valence-electron chi connectivity index (χ1n) is 10.5. The maximum absolute atomic E-state index is 13.4. The van der Waals surface area contributed by atoms with E-state index in [1.807, 2.05) is 13.8 Å². The molecule has 2 amide bonds. The summed E-state index contributed by atoms with van der Waals surface area (Å²) in [5.74, 6) is -1.32. The number of nitrogens with zero attached hydrogens (tertiary/aromatic N) is 2. The van der Waals surface area contributed by atoms with Crippen LogP contribution in [0.3, 0.4) is 0 Å². The third kappa shape index (κ3) is 7.53. The third-order valence-electron chi connectivity index (χ3n) is 5.09. The van der Waals surface area contributed by atoms with Crippen molar-refractivity contribution >= 4 is 43.5 Å². The van der Waals surface area contributed by atoms with Crippen LogP contribution in [0.1, 0.15) is 31.4 Å². The number of carbonyl (C=O) groups excluding carboxylic acids is 2. The molecule has 1 unspecified atom stereocenters. The minimum atomic E-state index is -3.79. The van der Waals surface area contributed by atoms with E-state index in [1.165, 1.54) is 29.2 Å². The van der Waals surface area contributed by atoms with Gasteiger partial charge in [0.15, 0.2) is 0 Å². The summed E-state index contributed by atoms with van der Waals surface area (Å²) in [4.78, 5) is 27.3. The van der Waals surface area contributed by atoms with Gasteiger partial charge in [0, 0.05) is 17.6 Å². The number of anilines is 1. The summed E-state index contributed by atoms with van der Waals surface area (Å²) < 4.78 is 40.3. The van der Waals surface area contributed by atoms with Crippen LogP contribution in [0.15, 0.2) is 46.9 Å². The van der Waals surface area contributed by atoms with E-state index in [0.29, 0.717) is 17.8 Å². The van der Waals surface area contributed by atoms with Crippen molar-refractivity contribution in [3.05, 3.63) is 63.9 Å². The Labute approximate surface area is 203 Å². The molecule has 2 rings (SSSR count). The van der Waals surface area contributed by atoms with Gasteiger partial charge in [-0.15, -0.1) is 0 Å². The van der Waals surface area contributed by atoms with Crippen LogP contribution in [0.5, 0.6) is 0 Å². The van der Waals surface area contributed by atoms with Crippen LogP contribution in [-0.2, 0) is 26.2 Å². The van der Waals surface area contributed by atoms with E-state index in [4.69, 9.17) is 0 Å². The Morgan fingerprint density at radius 3 is 2.33 bits per heavy atom. The number of amides is 2. The van der Waals surface area contributed by atoms with E-state index < -0.39 is 34.3 Å². The summed E-state index contributed by atoms with van der Waals surface area (Å²) >= 11 is 3.39. The van der Waals surface area contributed by atoms with Crippen molar-refractivity contribution in [2.45, 2.75) is 39.8 Å². The molecular weight excluding hydrogens is 513 g/mol. The largest absolute Gasteiger partial charge is 0.354 e. The lowest BCUT2D eigenvalue weighted by molar-refractivity contribution is -0.139. The first-order valence-corrected chi connectivity index (χ1v) is 13.1. The molecule has 0 fully saturated rings. The standard InChI is InChI=1S/C23H29BrFN3O4S/c1-5-12-26-23(30)17(3)27(14-18-6-8-19(25)9-7-18)22(29)15-28(33(4,31)32)20-10-11-21(24)16(2)13-20/h6-11,13,17H,5,12,14-15H2,1-4H3,(H,26,30). The normalized spacial score (nSPS) is 12.2. The number of sulfonamides is 1. The average Bonchev–Trinajstić information content (AvgIpc) is 2.76. The van der Waals surface area contributed by atoms with Crippen LogP contribution in [-0.4, -0.2) is 50.5 Å². The number of benzene rings is 2. The van der Waals surface area contributed by atoms with E-state index in [0.717, 1.165) is 27.0 Å². The molecule has 7 nitrogen and oxygen atoms in total. The Hall–Kier alpha value is -2.46. The zero-order valence-electron chi connectivity index (χ0n) is 19.1. The maximum Gasteiger partial charge on any atom is 0.244 e. The average molecular weight is 542 g/mol. The minimum absolute atomic E-state index is 0.0246. The highest BCUT2D eigenvalue weighted by Crippen LogP contribution is 2.25. The summed E-state index contributed by atoms with van der Waals surface area (Å²) in [6.07, 6.45) is 1.76. The molecule has 0 heterocycles. The van der Waals surface area contributed by atoms with E-state index in [2.05, 4.69) is 21.2 Å². The van der Waals surface area contributed by atoms with Crippen molar-refractivity contribution in [1.29, 1.82) is 0 Å². The van der Waals surface area contributed by atoms with E-state index >= 15 is 0 Å². The number of carbonyl (C=O) groups is 2. The van der Waals surface area contributed by atoms with E-state index in [-0.39, 0.29) is 12.5 Å². The molecule has 2 aromatic carbocycles. The van der Waals surface area contributed by atoms with Gasteiger partial charge in [-0.05, 0) is 61.7 Å². The van der Waals surface area contributed by atoms with Crippen molar-refractivity contribution < 1.29 is 22.4 Å². The third-order valence-corrected chi connectivity index (χ3v) is 7.12. The van der Waals surface area contributed by atoms with Crippen LogP contribution < -0.4 is 9.62 Å². The molecule has 2 aromatic rings. The predicted octanol–water partition coefficient (Wildman–Crippen LogP) is 3.61. The summed E-state index contributed by atoms with van der Waals surface area (Å²) in [6, 6.07) is 9.72. The van der Waals surface area contributed by atoms with Crippen molar-refractivity contribution in [1.82, 2.24) is 10.2 Å². The summed E-state index contributed by atoms with van der Waals surface area (Å²) in [5.41, 5.74) is 1.77. The van der Waals surface area contributed by atoms with Crippen LogP contribution in [0.2, 0.25) is 0 Å². The zero-order chi connectivity index (χ0) is 24.8. The van der Waals surface area contributed by atoms with Gasteiger partial charge in [-0.25, -0.2) is 12.8 Å². The predicted molar refractivity (Wildman–Crippen MR) is 131 cm³/mol. The van der Waals surface area contributed by atoms with Crippen molar-refractivity contribution in [2.24, 2.45) is 0 Å². The highest BCUT2D eigenvalue weighted by Gasteiger charge is 2.30. The molecule has 0 saturated heterocycles. The summed E-state index contributed by atoms with van der Waals surface area (Å²) in [5, 5.41) is 2.76. The van der Waals surface area contributed by atoms with Crippen molar-refractivity contribution in [3.8, 4) is 0 Å². The second-order valence-corrected chi connectivity index (χ2v) is 10.6. The van der Waals surface area contributed by atoms with Crippen molar-refractivity contribution in [2.75, 3.05) is 23.7 Å². The quantitative estimate of drug-likeness (QED) is 0.497. The SMILES string of the molecule is CCCNC(=O)C(C)N(Cc1ccc(F)cc1)C(=O)CN(c1ccc(Br)c(C)c1)S(C)(=O)=O. The molecule has 0 aliphatic carbocycles. The first-order chi connectivity index (χ1) is 15.4. The Morgan fingerprint density at radius 1 is 1.15 bits per heavy atom. The minimum Gasteiger partial charge on any atom is -0.354 e. The van der Waals surface area contributed by atoms with Crippen LogP contribution in [0.25, 0.3) is 0 Å². The number of aryl methyl sites for hydroxylation is 1. The van der Waals surface area contributed by atoms with Crippen molar-refractivity contribution in [3.63, 3.8) is 0 Å². The van der Waals surface area contributed by atoms with Crippen LogP contribution in [0, 0.1) is 12.7 Å². The lowest BCUT2D eigenvalue weighted by Gasteiger charge is -2.31. The van der Waals surface area contributed by atoms with Gasteiger partial charge in [-0.3, -0.25) is 13.9 Å². The molecule has 0 aliphatic rings. The Kier molecular flexibility index (Phi) is 9.42. The monoisotopic (exact) mass is 541 g/mol. The van der Waals surface area contributed by atoms with Gasteiger partial charge >= 0.3 is 0 Å². The molecule has 10 heteroatoms. The smallest absolute Gasteiger partial charge is 0.244 e. The molecule has 0 radical (unpaired) electrons. The van der Waals surface area contributed by atoms with Crippen LogP contribution >= 0.6 is 15.9 Å². The second kappa shape index (κ2) is 11.6. The summed E-state index contributed by atoms with van der Waals surface area (Å²) in [7, 11) is -3.79. The fourth-order valence-corrected chi connectivity index (χ4v) is 4.25. The molecule has 1 atom stereocenters. The van der Waals surface area contributed by atoms with Gasteiger partial charge < -0.3 is 10.2 Å². The molecule has 0 aliphatic heterocycles. The van der Waals surface area contributed by atoms with E-state index in [9.17, 15) is 22.4 Å². The van der Waals surface area contributed by atoms with Gasteiger partial charge in [0.05, 0.1) is 11.9 Å². The highest BCUT2D eigenvalue weighted by atomic mass is 79.9. The number of halogens is 2. The molecule has 0 saturated carbocycles. The fourth-order valence-electron chi connectivity index (χ4n) is 3.16. The molecule has 180 valence electrons. The molecule has 33 heavy (non-hydrogen) atoms. The second-order valence-electron chi connectivity index (χ2n) is 7.82. The number of hydrogen-bond acceptors (Lipinski definition) is 4. The number of hydrogen-bond donors (Lipinski definition) is 1. The Balaban J connectivity index is 2.38. The van der Waals surface area contributed by atoms with Gasteiger partial charge in [-0.2, -0.15) is 0 Å². The first kappa shape index (κ1) is 26.8. The maximum atomic E-state index is 13.4. The number of nitrogens with one attached hydrogen (secondary N) is 1. The number of rotatable bonds is 10. The van der Waals surface area contributed by atoms with Gasteiger partial charge in [0.25, 0.3) is 0 Å². The molecule has 0 bridgehead atoms. The zero-order valence-corrected chi connectivity index (χ0v) is 21.5. The van der Waals surface area contributed by atoms with Gasteiger partial charge in [-0.1, -0.05) is 35.0 Å². The van der Waals surface area contributed by atoms with Gasteiger partial charge in [0.2, 0.25) is 21.8 Å². The topological polar surface area (TPSA) is 86.8 Å². The Bertz CT molecular complexity index is 1090. The highest BCUT2D eigenvalue weighted by molar-refractivity contribution is 9.10. The van der Waals surface area contributed by atoms with E-state index in [1.54, 1.807) is 25.1 Å². The van der Waals surface area contributed by atoms with Gasteiger partial charge in [0.1, 0.15) is 18.4 Å². The molecular formula is C23H29BrFN3O4S. The summed E-state index contributed by atoms with van der Waals surface area (Å²) in [6.45, 7) is 5.31. The fraction of sp³-hybridized carbons (Fsp3) is 0.391. The molecule has 1 N–H and O–H groups in total. The lowest BCUT2D eigenvalue weighted by Crippen LogP contribution is -2.51.